The molecule has 0 aliphatic heterocycles. The number of aryl methyl sites for hydroxylation is 3. The van der Waals surface area contributed by atoms with E-state index in [2.05, 4.69) is 0 Å². The van der Waals surface area contributed by atoms with Crippen LogP contribution in [-0.2, 0) is 24.1 Å². The summed E-state index contributed by atoms with van der Waals surface area (Å²) in [6, 6.07) is 17.6. The molecule has 1 atom stereocenters. The second kappa shape index (κ2) is 8.74. The van der Waals surface area contributed by atoms with E-state index in [-0.39, 0.29) is 15.4 Å². The van der Waals surface area contributed by atoms with Crippen molar-refractivity contribution in [2.45, 2.75) is 36.0 Å². The zero-order chi connectivity index (χ0) is 22.8. The van der Waals surface area contributed by atoms with Gasteiger partial charge in [-0.05, 0) is 45.0 Å². The van der Waals surface area contributed by atoms with Crippen molar-refractivity contribution in [2.24, 2.45) is 0 Å². The van der Waals surface area contributed by atoms with Crippen molar-refractivity contribution in [3.63, 3.8) is 0 Å². The lowest BCUT2D eigenvalue weighted by Gasteiger charge is -2.18. The van der Waals surface area contributed by atoms with Crippen molar-refractivity contribution in [1.82, 2.24) is 0 Å². The molecule has 3 aromatic rings. The standard InChI is InChI=1S/C23H22O6S2/c1-16-4-10-19(11-5-16)22(24)23(30(25,26)20-12-6-17(2)7-13-20)29-31(27,28)21-14-8-18(3)9-15-21/h4-15,23H,1-3H3. The van der Waals surface area contributed by atoms with E-state index in [0.29, 0.717) is 0 Å². The summed E-state index contributed by atoms with van der Waals surface area (Å²) >= 11 is 0. The van der Waals surface area contributed by atoms with Crippen molar-refractivity contribution in [1.29, 1.82) is 0 Å². The fourth-order valence-electron chi connectivity index (χ4n) is 2.82. The largest absolute Gasteiger partial charge is 0.298 e. The molecule has 0 fully saturated rings. The number of benzene rings is 3. The molecule has 0 spiro atoms. The highest BCUT2D eigenvalue weighted by atomic mass is 32.2. The van der Waals surface area contributed by atoms with Crippen LogP contribution in [-0.4, -0.2) is 28.1 Å². The highest BCUT2D eigenvalue weighted by molar-refractivity contribution is 7.94. The van der Waals surface area contributed by atoms with Crippen molar-refractivity contribution in [3.05, 3.63) is 95.1 Å². The van der Waals surface area contributed by atoms with Crippen molar-refractivity contribution >= 4 is 25.7 Å². The van der Waals surface area contributed by atoms with Gasteiger partial charge in [-0.3, -0.25) is 4.79 Å². The average molecular weight is 459 g/mol. The maximum atomic E-state index is 13.3. The number of ketones is 1. The third-order valence-corrected chi connectivity index (χ3v) is 7.93. The first-order valence-electron chi connectivity index (χ1n) is 9.42. The number of Topliss-reactive ketones (excluding diaryl/α,β-unsaturated/α-hetero) is 1. The first kappa shape index (κ1) is 22.9. The van der Waals surface area contributed by atoms with Gasteiger partial charge in [0.05, 0.1) is 9.79 Å². The topological polar surface area (TPSA) is 94.6 Å². The zero-order valence-electron chi connectivity index (χ0n) is 17.3. The molecule has 0 saturated carbocycles. The highest BCUT2D eigenvalue weighted by Crippen LogP contribution is 2.25. The molecule has 0 aromatic heterocycles. The number of rotatable bonds is 7. The molecule has 3 aromatic carbocycles. The van der Waals surface area contributed by atoms with E-state index in [1.165, 1.54) is 36.4 Å². The highest BCUT2D eigenvalue weighted by Gasteiger charge is 2.40. The number of hydrogen-bond donors (Lipinski definition) is 0. The summed E-state index contributed by atoms with van der Waals surface area (Å²) in [5.74, 6) is -0.962. The van der Waals surface area contributed by atoms with E-state index >= 15 is 0 Å². The van der Waals surface area contributed by atoms with Gasteiger partial charge in [0.15, 0.2) is 0 Å². The van der Waals surface area contributed by atoms with Crippen LogP contribution in [0.25, 0.3) is 0 Å². The van der Waals surface area contributed by atoms with E-state index in [4.69, 9.17) is 4.18 Å². The molecule has 31 heavy (non-hydrogen) atoms. The van der Waals surface area contributed by atoms with Gasteiger partial charge in [-0.15, -0.1) is 0 Å². The lowest BCUT2D eigenvalue weighted by molar-refractivity contribution is 0.0887. The van der Waals surface area contributed by atoms with Gasteiger partial charge in [0, 0.05) is 5.56 Å². The van der Waals surface area contributed by atoms with Crippen LogP contribution in [0, 0.1) is 20.8 Å². The lowest BCUT2D eigenvalue weighted by atomic mass is 10.1. The summed E-state index contributed by atoms with van der Waals surface area (Å²) in [5, 5.41) is 0. The Morgan fingerprint density at radius 2 is 1.03 bits per heavy atom. The molecule has 0 saturated heterocycles. The molecule has 8 heteroatoms. The first-order valence-corrected chi connectivity index (χ1v) is 12.4. The SMILES string of the molecule is Cc1ccc(C(=O)C(OS(=O)(=O)c2ccc(C)cc2)S(=O)(=O)c2ccc(C)cc2)cc1. The van der Waals surface area contributed by atoms with Gasteiger partial charge in [-0.1, -0.05) is 65.2 Å². The smallest absolute Gasteiger partial charge is 0.290 e. The van der Waals surface area contributed by atoms with Crippen LogP contribution in [0.15, 0.2) is 82.6 Å². The molecular formula is C23H22O6S2. The van der Waals surface area contributed by atoms with Crippen molar-refractivity contribution in [3.8, 4) is 0 Å². The Kier molecular flexibility index (Phi) is 6.45. The van der Waals surface area contributed by atoms with Crippen LogP contribution >= 0.6 is 0 Å². The lowest BCUT2D eigenvalue weighted by Crippen LogP contribution is -2.35. The summed E-state index contributed by atoms with van der Waals surface area (Å²) in [6.07, 6.45) is 0. The van der Waals surface area contributed by atoms with Crippen molar-refractivity contribution < 1.29 is 25.8 Å². The Morgan fingerprint density at radius 1 is 0.645 bits per heavy atom. The minimum Gasteiger partial charge on any atom is -0.290 e. The molecule has 0 bridgehead atoms. The fourth-order valence-corrected chi connectivity index (χ4v) is 5.62. The van der Waals surface area contributed by atoms with Gasteiger partial charge < -0.3 is 0 Å². The number of carbonyl (C=O) groups excluding carboxylic acids is 1. The maximum absolute atomic E-state index is 13.3. The van der Waals surface area contributed by atoms with E-state index < -0.39 is 31.2 Å². The number of carbonyl (C=O) groups is 1. The summed E-state index contributed by atoms with van der Waals surface area (Å²) in [6.45, 7) is 5.37. The molecule has 6 nitrogen and oxygen atoms in total. The Labute approximate surface area is 182 Å². The molecular weight excluding hydrogens is 436 g/mol. The minimum atomic E-state index is -4.54. The summed E-state index contributed by atoms with van der Waals surface area (Å²) in [5.41, 5.74) is 0.268. The molecule has 0 radical (unpaired) electrons. The van der Waals surface area contributed by atoms with Crippen LogP contribution in [0.5, 0.6) is 0 Å². The van der Waals surface area contributed by atoms with Crippen LogP contribution in [0.1, 0.15) is 27.0 Å². The molecule has 162 valence electrons. The fraction of sp³-hybridized carbons (Fsp3) is 0.174. The average Bonchev–Trinajstić information content (AvgIpc) is 2.73. The summed E-state index contributed by atoms with van der Waals surface area (Å²) in [7, 11) is -9.01. The Balaban J connectivity index is 2.09. The number of hydrogen-bond acceptors (Lipinski definition) is 6. The van der Waals surface area contributed by atoms with Crippen LogP contribution in [0.4, 0.5) is 0 Å². The number of sulfone groups is 1. The molecule has 0 aliphatic carbocycles. The third-order valence-electron chi connectivity index (χ3n) is 4.71. The normalized spacial score (nSPS) is 13.0. The maximum Gasteiger partial charge on any atom is 0.298 e. The van der Waals surface area contributed by atoms with E-state index in [1.807, 2.05) is 6.92 Å². The van der Waals surface area contributed by atoms with Gasteiger partial charge >= 0.3 is 0 Å². The minimum absolute atomic E-state index is 0.0328. The molecule has 0 aliphatic rings. The second-order valence-corrected chi connectivity index (χ2v) is 10.8. The van der Waals surface area contributed by atoms with Crippen molar-refractivity contribution in [2.75, 3.05) is 0 Å². The third kappa shape index (κ3) is 5.10. The van der Waals surface area contributed by atoms with Gasteiger partial charge in [0.25, 0.3) is 10.1 Å². The molecule has 0 heterocycles. The van der Waals surface area contributed by atoms with Gasteiger partial charge in [-0.25, -0.2) is 12.6 Å². The Bertz CT molecular complexity index is 1290. The van der Waals surface area contributed by atoms with Gasteiger partial charge in [-0.2, -0.15) is 8.42 Å². The molecule has 1 unspecified atom stereocenters. The van der Waals surface area contributed by atoms with Crippen LogP contribution in [0.2, 0.25) is 0 Å². The van der Waals surface area contributed by atoms with Gasteiger partial charge in [0.1, 0.15) is 0 Å². The quantitative estimate of drug-likeness (QED) is 0.392. The summed E-state index contributed by atoms with van der Waals surface area (Å²) < 4.78 is 57.3. The van der Waals surface area contributed by atoms with Gasteiger partial charge in [0.2, 0.25) is 21.1 Å². The molecule has 0 N–H and O–H groups in total. The van der Waals surface area contributed by atoms with E-state index in [0.717, 1.165) is 16.7 Å². The predicted octanol–water partition coefficient (Wildman–Crippen LogP) is 4.00. The zero-order valence-corrected chi connectivity index (χ0v) is 18.9. The predicted molar refractivity (Wildman–Crippen MR) is 117 cm³/mol. The Morgan fingerprint density at radius 3 is 1.48 bits per heavy atom. The Hall–Kier alpha value is -2.81. The summed E-state index contributed by atoms with van der Waals surface area (Å²) in [4.78, 5) is 12.7. The second-order valence-electron chi connectivity index (χ2n) is 7.28. The molecule has 3 rings (SSSR count). The molecule has 0 amide bonds. The van der Waals surface area contributed by atoms with E-state index in [1.54, 1.807) is 50.2 Å². The van der Waals surface area contributed by atoms with Crippen LogP contribution in [0.3, 0.4) is 0 Å². The van der Waals surface area contributed by atoms with Crippen LogP contribution < -0.4 is 0 Å². The monoisotopic (exact) mass is 458 g/mol. The van der Waals surface area contributed by atoms with E-state index in [9.17, 15) is 21.6 Å². The first-order chi connectivity index (χ1) is 14.5.